The Morgan fingerprint density at radius 2 is 1.55 bits per heavy atom. The van der Waals surface area contributed by atoms with Crippen molar-refractivity contribution in [2.24, 2.45) is 0 Å². The van der Waals surface area contributed by atoms with Crippen molar-refractivity contribution in [3.63, 3.8) is 0 Å². The smallest absolute Gasteiger partial charge is 0.416 e. The summed E-state index contributed by atoms with van der Waals surface area (Å²) in [4.78, 5) is 1.51. The zero-order chi connectivity index (χ0) is 27.6. The number of nitrogens with zero attached hydrogens (tertiary/aromatic N) is 2. The van der Waals surface area contributed by atoms with Gasteiger partial charge < -0.3 is 9.47 Å². The molecule has 0 aliphatic rings. The molecule has 4 aromatic carbocycles. The molecule has 4 nitrogen and oxygen atoms in total. The van der Waals surface area contributed by atoms with Crippen molar-refractivity contribution in [1.82, 2.24) is 0 Å². The van der Waals surface area contributed by atoms with Gasteiger partial charge in [0.25, 0.3) is 0 Å². The Kier molecular flexibility index (Phi) is 7.57. The van der Waals surface area contributed by atoms with Gasteiger partial charge in [-0.05, 0) is 58.8 Å². The maximum absolute atomic E-state index is 13.6. The lowest BCUT2D eigenvalue weighted by Gasteiger charge is -2.19. The second kappa shape index (κ2) is 10.7. The van der Waals surface area contributed by atoms with Gasteiger partial charge in [-0.25, -0.2) is 0 Å². The average Bonchev–Trinajstić information content (AvgIpc) is 2.90. The van der Waals surface area contributed by atoms with Gasteiger partial charge >= 0.3 is 6.18 Å². The molecule has 0 radical (unpaired) electrons. The first-order valence-corrected chi connectivity index (χ1v) is 12.4. The fourth-order valence-electron chi connectivity index (χ4n) is 4.25. The maximum atomic E-state index is 13.6. The third-order valence-electron chi connectivity index (χ3n) is 6.15. The minimum absolute atomic E-state index is 0.0293. The van der Waals surface area contributed by atoms with Crippen LogP contribution in [0, 0.1) is 22.7 Å². The first-order chi connectivity index (χ1) is 18.1. The van der Waals surface area contributed by atoms with Gasteiger partial charge in [0.2, 0.25) is 0 Å². The number of hydrogen-bond donors (Lipinski definition) is 0. The Labute approximate surface area is 223 Å². The molecule has 8 heteroatoms. The van der Waals surface area contributed by atoms with E-state index in [2.05, 4.69) is 12.1 Å². The fraction of sp³-hybridized carbons (Fsp3) is 0.200. The van der Waals surface area contributed by atoms with Crippen LogP contribution in [0.3, 0.4) is 0 Å². The number of methoxy groups -OCH3 is 2. The molecule has 38 heavy (non-hydrogen) atoms. The SMILES string of the molecule is COc1cc(OC)cc(Sc2cc(C(C)C)cc3cc(C#N)c(C#N)c(-c4cccc(C(F)(F)F)c4)c23)c1. The minimum Gasteiger partial charge on any atom is -0.497 e. The Bertz CT molecular complexity index is 1590. The van der Waals surface area contributed by atoms with E-state index in [1.165, 1.54) is 23.9 Å². The lowest BCUT2D eigenvalue weighted by Crippen LogP contribution is -2.05. The lowest BCUT2D eigenvalue weighted by molar-refractivity contribution is -0.137. The van der Waals surface area contributed by atoms with Gasteiger partial charge in [-0.1, -0.05) is 43.8 Å². The van der Waals surface area contributed by atoms with Crippen LogP contribution < -0.4 is 9.47 Å². The normalized spacial score (nSPS) is 11.3. The second-order valence-electron chi connectivity index (χ2n) is 8.90. The average molecular weight is 533 g/mol. The molecular formula is C30H23F3N2O2S. The number of fused-ring (bicyclic) bond motifs is 1. The molecule has 0 aliphatic carbocycles. The summed E-state index contributed by atoms with van der Waals surface area (Å²) in [6.45, 7) is 4.07. The molecule has 0 amide bonds. The summed E-state index contributed by atoms with van der Waals surface area (Å²) in [5.74, 6) is 1.30. The molecular weight excluding hydrogens is 509 g/mol. The molecule has 0 heterocycles. The molecule has 4 rings (SSSR count). The Hall–Kier alpha value is -4.14. The van der Waals surface area contributed by atoms with Crippen LogP contribution in [0.4, 0.5) is 13.2 Å². The van der Waals surface area contributed by atoms with Crippen molar-refractivity contribution in [1.29, 1.82) is 10.5 Å². The standard InChI is InChI=1S/C30H23F3N2O2S/c1-17(2)19-8-20-9-21(15-34)26(16-35)28(18-6-5-7-22(10-18)30(31,32)33)29(20)27(11-19)38-25-13-23(36-3)12-24(14-25)37-4/h5-14,17H,1-4H3. The van der Waals surface area contributed by atoms with Crippen LogP contribution in [0.1, 0.15) is 42.0 Å². The summed E-state index contributed by atoms with van der Waals surface area (Å²) in [5, 5.41) is 21.2. The summed E-state index contributed by atoms with van der Waals surface area (Å²) in [7, 11) is 3.10. The van der Waals surface area contributed by atoms with Crippen LogP contribution in [0.5, 0.6) is 11.5 Å². The number of ether oxygens (including phenoxy) is 2. The number of rotatable bonds is 6. The Balaban J connectivity index is 2.11. The van der Waals surface area contributed by atoms with Gasteiger partial charge in [-0.15, -0.1) is 0 Å². The Morgan fingerprint density at radius 1 is 0.868 bits per heavy atom. The summed E-state index contributed by atoms with van der Waals surface area (Å²) < 4.78 is 51.7. The molecule has 0 aromatic heterocycles. The minimum atomic E-state index is -4.56. The molecule has 0 fully saturated rings. The van der Waals surface area contributed by atoms with Crippen LogP contribution in [0.15, 0.2) is 70.5 Å². The van der Waals surface area contributed by atoms with Crippen LogP contribution in [-0.4, -0.2) is 14.2 Å². The first kappa shape index (κ1) is 26.9. The maximum Gasteiger partial charge on any atom is 0.416 e. The van der Waals surface area contributed by atoms with E-state index in [1.54, 1.807) is 26.4 Å². The van der Waals surface area contributed by atoms with Gasteiger partial charge in [0.15, 0.2) is 0 Å². The zero-order valence-corrected chi connectivity index (χ0v) is 21.9. The fourth-order valence-corrected chi connectivity index (χ4v) is 5.37. The molecule has 0 bridgehead atoms. The van der Waals surface area contributed by atoms with E-state index < -0.39 is 11.7 Å². The largest absolute Gasteiger partial charge is 0.497 e. The van der Waals surface area contributed by atoms with Gasteiger partial charge in [-0.2, -0.15) is 23.7 Å². The van der Waals surface area contributed by atoms with Crippen molar-refractivity contribution < 1.29 is 22.6 Å². The number of halogens is 3. The van der Waals surface area contributed by atoms with Crippen LogP contribution in [0.25, 0.3) is 21.9 Å². The first-order valence-electron chi connectivity index (χ1n) is 11.6. The van der Waals surface area contributed by atoms with Crippen molar-refractivity contribution in [3.05, 3.63) is 82.9 Å². The van der Waals surface area contributed by atoms with Crippen LogP contribution in [0.2, 0.25) is 0 Å². The van der Waals surface area contributed by atoms with Crippen LogP contribution in [-0.2, 0) is 6.18 Å². The van der Waals surface area contributed by atoms with E-state index >= 15 is 0 Å². The molecule has 0 atom stereocenters. The highest BCUT2D eigenvalue weighted by atomic mass is 32.2. The highest BCUT2D eigenvalue weighted by molar-refractivity contribution is 7.99. The van der Waals surface area contributed by atoms with E-state index in [4.69, 9.17) is 9.47 Å². The highest BCUT2D eigenvalue weighted by Gasteiger charge is 2.31. The van der Waals surface area contributed by atoms with E-state index in [0.29, 0.717) is 27.8 Å². The molecule has 0 saturated carbocycles. The summed E-state index contributed by atoms with van der Waals surface area (Å²) in [6.07, 6.45) is -4.56. The molecule has 0 saturated heterocycles. The highest BCUT2D eigenvalue weighted by Crippen LogP contribution is 2.45. The lowest BCUT2D eigenvalue weighted by atomic mass is 9.88. The monoisotopic (exact) mass is 532 g/mol. The summed E-state index contributed by atoms with van der Waals surface area (Å²) in [6, 6.07) is 19.9. The van der Waals surface area contributed by atoms with Gasteiger partial charge in [0.05, 0.1) is 30.9 Å². The number of benzene rings is 4. The van der Waals surface area contributed by atoms with Gasteiger partial charge in [0.1, 0.15) is 23.6 Å². The van der Waals surface area contributed by atoms with Gasteiger partial charge in [-0.3, -0.25) is 0 Å². The predicted molar refractivity (Wildman–Crippen MR) is 142 cm³/mol. The van der Waals surface area contributed by atoms with E-state index in [0.717, 1.165) is 27.5 Å². The van der Waals surface area contributed by atoms with Crippen LogP contribution >= 0.6 is 11.8 Å². The zero-order valence-electron chi connectivity index (χ0n) is 21.1. The van der Waals surface area contributed by atoms with E-state index in [-0.39, 0.29) is 22.6 Å². The topological polar surface area (TPSA) is 66.0 Å². The number of alkyl halides is 3. The quantitative estimate of drug-likeness (QED) is 0.249. The third kappa shape index (κ3) is 5.27. The molecule has 4 aromatic rings. The number of hydrogen-bond acceptors (Lipinski definition) is 5. The van der Waals surface area contributed by atoms with Crippen molar-refractivity contribution in [2.45, 2.75) is 35.7 Å². The molecule has 0 spiro atoms. The van der Waals surface area contributed by atoms with Crippen molar-refractivity contribution >= 4 is 22.5 Å². The van der Waals surface area contributed by atoms with Gasteiger partial charge in [0, 0.05) is 26.8 Å². The summed E-state index contributed by atoms with van der Waals surface area (Å²) >= 11 is 1.38. The van der Waals surface area contributed by atoms with Crippen molar-refractivity contribution in [2.75, 3.05) is 14.2 Å². The van der Waals surface area contributed by atoms with Crippen molar-refractivity contribution in [3.8, 4) is 34.8 Å². The molecule has 0 unspecified atom stereocenters. The predicted octanol–water partition coefficient (Wildman–Crippen LogP) is 8.56. The number of nitriles is 2. The summed E-state index contributed by atoms with van der Waals surface area (Å²) in [5.41, 5.74) is 0.786. The molecule has 0 N–H and O–H groups in total. The Morgan fingerprint density at radius 3 is 2.11 bits per heavy atom. The van der Waals surface area contributed by atoms with E-state index in [9.17, 15) is 23.7 Å². The molecule has 192 valence electrons. The second-order valence-corrected chi connectivity index (χ2v) is 10.0. The molecule has 0 aliphatic heterocycles. The van der Waals surface area contributed by atoms with E-state index in [1.807, 2.05) is 38.1 Å². The third-order valence-corrected chi connectivity index (χ3v) is 7.17.